The van der Waals surface area contributed by atoms with Crippen molar-refractivity contribution in [3.05, 3.63) is 47.9 Å². The Hall–Kier alpha value is -2.36. The third kappa shape index (κ3) is 1.82. The van der Waals surface area contributed by atoms with E-state index in [1.807, 2.05) is 25.1 Å². The predicted molar refractivity (Wildman–Crippen MR) is 71.0 cm³/mol. The number of nitrogens with one attached hydrogen (secondary N) is 1. The van der Waals surface area contributed by atoms with Crippen LogP contribution in [0.1, 0.15) is 11.3 Å². The van der Waals surface area contributed by atoms with Gasteiger partial charge in [0.15, 0.2) is 11.4 Å². The minimum absolute atomic E-state index is 0.716. The van der Waals surface area contributed by atoms with E-state index in [-0.39, 0.29) is 0 Å². The molecule has 2 aromatic heterocycles. The first-order valence-electron chi connectivity index (χ1n) is 5.78. The van der Waals surface area contributed by atoms with Crippen molar-refractivity contribution in [3.63, 3.8) is 0 Å². The van der Waals surface area contributed by atoms with Gasteiger partial charge >= 0.3 is 0 Å². The summed E-state index contributed by atoms with van der Waals surface area (Å²) in [6.45, 7) is 3.94. The highest BCUT2D eigenvalue weighted by Gasteiger charge is 2.09. The summed E-state index contributed by atoms with van der Waals surface area (Å²) in [6.07, 6.45) is 1.65. The van der Waals surface area contributed by atoms with Crippen molar-refractivity contribution < 1.29 is 4.42 Å². The van der Waals surface area contributed by atoms with E-state index in [0.29, 0.717) is 5.82 Å². The van der Waals surface area contributed by atoms with Gasteiger partial charge in [0.05, 0.1) is 11.6 Å². The molecule has 0 unspecified atom stereocenters. The lowest BCUT2D eigenvalue weighted by atomic mass is 10.2. The SMILES string of the molecule is Cc1ccc(Nc2nnc(C)c3occc23)cc1. The zero-order valence-electron chi connectivity index (χ0n) is 10.3. The molecule has 0 atom stereocenters. The molecule has 0 radical (unpaired) electrons. The number of aryl methyl sites for hydroxylation is 2. The summed E-state index contributed by atoms with van der Waals surface area (Å²) in [7, 11) is 0. The lowest BCUT2D eigenvalue weighted by molar-refractivity contribution is 0.609. The average Bonchev–Trinajstić information content (AvgIpc) is 2.86. The Balaban J connectivity index is 2.02. The molecule has 90 valence electrons. The summed E-state index contributed by atoms with van der Waals surface area (Å²) in [5.74, 6) is 0.716. The maximum Gasteiger partial charge on any atom is 0.164 e. The molecule has 1 aromatic carbocycles. The van der Waals surface area contributed by atoms with Crippen LogP contribution >= 0.6 is 0 Å². The number of nitrogens with zero attached hydrogens (tertiary/aromatic N) is 2. The summed E-state index contributed by atoms with van der Waals surface area (Å²) >= 11 is 0. The van der Waals surface area contributed by atoms with Crippen molar-refractivity contribution in [1.82, 2.24) is 10.2 Å². The molecule has 0 amide bonds. The second-order valence-corrected chi connectivity index (χ2v) is 4.29. The molecule has 0 aliphatic heterocycles. The highest BCUT2D eigenvalue weighted by atomic mass is 16.3. The molecule has 0 saturated carbocycles. The maximum atomic E-state index is 5.40. The fraction of sp³-hybridized carbons (Fsp3) is 0.143. The summed E-state index contributed by atoms with van der Waals surface area (Å²) < 4.78 is 5.40. The number of rotatable bonds is 2. The number of anilines is 2. The Morgan fingerprint density at radius 3 is 2.56 bits per heavy atom. The predicted octanol–water partition coefficient (Wildman–Crippen LogP) is 3.58. The Morgan fingerprint density at radius 2 is 1.78 bits per heavy atom. The third-order valence-corrected chi connectivity index (χ3v) is 2.86. The Kier molecular flexibility index (Phi) is 2.48. The van der Waals surface area contributed by atoms with Gasteiger partial charge in [0.2, 0.25) is 0 Å². The first-order valence-corrected chi connectivity index (χ1v) is 5.78. The molecule has 0 spiro atoms. The topological polar surface area (TPSA) is 51.0 Å². The number of benzene rings is 1. The lowest BCUT2D eigenvalue weighted by Crippen LogP contribution is -1.97. The van der Waals surface area contributed by atoms with Crippen LogP contribution < -0.4 is 5.32 Å². The van der Waals surface area contributed by atoms with Gasteiger partial charge in [0, 0.05) is 5.69 Å². The standard InChI is InChI=1S/C14H13N3O/c1-9-3-5-11(6-4-9)15-14-12-7-8-18-13(12)10(2)16-17-14/h3-8H,1-2H3,(H,15,17). The van der Waals surface area contributed by atoms with Gasteiger partial charge in [-0.05, 0) is 32.0 Å². The molecule has 4 nitrogen and oxygen atoms in total. The van der Waals surface area contributed by atoms with E-state index in [1.54, 1.807) is 6.26 Å². The highest BCUT2D eigenvalue weighted by Crippen LogP contribution is 2.26. The van der Waals surface area contributed by atoms with Gasteiger partial charge in [0.1, 0.15) is 5.69 Å². The Bertz CT molecular complexity index is 686. The second-order valence-electron chi connectivity index (χ2n) is 4.29. The van der Waals surface area contributed by atoms with Crippen LogP contribution in [-0.4, -0.2) is 10.2 Å². The minimum atomic E-state index is 0.716. The highest BCUT2D eigenvalue weighted by molar-refractivity contribution is 5.90. The first-order chi connectivity index (χ1) is 8.74. The quantitative estimate of drug-likeness (QED) is 0.742. The lowest BCUT2D eigenvalue weighted by Gasteiger charge is -2.06. The van der Waals surface area contributed by atoms with Gasteiger partial charge in [0.25, 0.3) is 0 Å². The molecule has 0 aliphatic carbocycles. The zero-order valence-corrected chi connectivity index (χ0v) is 10.3. The van der Waals surface area contributed by atoms with E-state index >= 15 is 0 Å². The van der Waals surface area contributed by atoms with Crippen LogP contribution in [0.3, 0.4) is 0 Å². The third-order valence-electron chi connectivity index (χ3n) is 2.86. The van der Waals surface area contributed by atoms with Crippen LogP contribution in [0, 0.1) is 13.8 Å². The van der Waals surface area contributed by atoms with Gasteiger partial charge in [-0.2, -0.15) is 0 Å². The van der Waals surface area contributed by atoms with Crippen LogP contribution in [0.5, 0.6) is 0 Å². The van der Waals surface area contributed by atoms with Crippen molar-refractivity contribution in [2.75, 3.05) is 5.32 Å². The van der Waals surface area contributed by atoms with E-state index < -0.39 is 0 Å². The fourth-order valence-electron chi connectivity index (χ4n) is 1.87. The largest absolute Gasteiger partial charge is 0.462 e. The summed E-state index contributed by atoms with van der Waals surface area (Å²) in [4.78, 5) is 0. The number of hydrogen-bond donors (Lipinski definition) is 1. The normalized spacial score (nSPS) is 10.8. The molecular formula is C14H13N3O. The average molecular weight is 239 g/mol. The molecule has 3 aromatic rings. The summed E-state index contributed by atoms with van der Waals surface area (Å²) in [6, 6.07) is 10.0. The van der Waals surface area contributed by atoms with Crippen molar-refractivity contribution in [3.8, 4) is 0 Å². The molecule has 18 heavy (non-hydrogen) atoms. The second kappa shape index (κ2) is 4.14. The van der Waals surface area contributed by atoms with Gasteiger partial charge in [-0.15, -0.1) is 10.2 Å². The Labute approximate surface area is 105 Å². The van der Waals surface area contributed by atoms with Gasteiger partial charge in [-0.1, -0.05) is 17.7 Å². The van der Waals surface area contributed by atoms with Crippen LogP contribution in [0.2, 0.25) is 0 Å². The van der Waals surface area contributed by atoms with E-state index in [1.165, 1.54) is 5.56 Å². The summed E-state index contributed by atoms with van der Waals surface area (Å²) in [5, 5.41) is 12.5. The van der Waals surface area contributed by atoms with Crippen molar-refractivity contribution in [1.29, 1.82) is 0 Å². The van der Waals surface area contributed by atoms with Crippen LogP contribution in [0.4, 0.5) is 11.5 Å². The van der Waals surface area contributed by atoms with Crippen LogP contribution in [0.15, 0.2) is 41.0 Å². The molecule has 0 aliphatic rings. The number of aromatic nitrogens is 2. The fourth-order valence-corrected chi connectivity index (χ4v) is 1.87. The number of fused-ring (bicyclic) bond motifs is 1. The zero-order chi connectivity index (χ0) is 12.5. The number of hydrogen-bond acceptors (Lipinski definition) is 4. The van der Waals surface area contributed by atoms with E-state index in [2.05, 4.69) is 34.6 Å². The van der Waals surface area contributed by atoms with Gasteiger partial charge in [-0.3, -0.25) is 0 Å². The molecule has 4 heteroatoms. The van der Waals surface area contributed by atoms with E-state index in [4.69, 9.17) is 4.42 Å². The Morgan fingerprint density at radius 1 is 1.00 bits per heavy atom. The summed E-state index contributed by atoms with van der Waals surface area (Å²) in [5.41, 5.74) is 3.79. The monoisotopic (exact) mass is 239 g/mol. The van der Waals surface area contributed by atoms with Gasteiger partial charge < -0.3 is 9.73 Å². The van der Waals surface area contributed by atoms with E-state index in [0.717, 1.165) is 22.4 Å². The minimum Gasteiger partial charge on any atom is -0.462 e. The number of furan rings is 1. The van der Waals surface area contributed by atoms with E-state index in [9.17, 15) is 0 Å². The van der Waals surface area contributed by atoms with Crippen molar-refractivity contribution in [2.45, 2.75) is 13.8 Å². The molecule has 0 fully saturated rings. The molecule has 2 heterocycles. The van der Waals surface area contributed by atoms with Crippen molar-refractivity contribution in [2.24, 2.45) is 0 Å². The van der Waals surface area contributed by atoms with Crippen LogP contribution in [-0.2, 0) is 0 Å². The smallest absolute Gasteiger partial charge is 0.164 e. The molecule has 1 N–H and O–H groups in total. The van der Waals surface area contributed by atoms with Crippen LogP contribution in [0.25, 0.3) is 11.0 Å². The molecule has 0 saturated heterocycles. The molecular weight excluding hydrogens is 226 g/mol. The molecule has 3 rings (SSSR count). The van der Waals surface area contributed by atoms with Crippen molar-refractivity contribution >= 4 is 22.5 Å². The molecule has 0 bridgehead atoms. The van der Waals surface area contributed by atoms with Gasteiger partial charge in [-0.25, -0.2) is 0 Å². The maximum absolute atomic E-state index is 5.40. The first kappa shape index (κ1) is 10.8.